The Hall–Kier alpha value is -1.55. The summed E-state index contributed by atoms with van der Waals surface area (Å²) in [5.41, 5.74) is 4.12. The predicted octanol–water partition coefficient (Wildman–Crippen LogP) is 3.86. The maximum absolute atomic E-state index is 11.1. The van der Waals surface area contributed by atoms with E-state index in [0.717, 1.165) is 27.1 Å². The zero-order chi connectivity index (χ0) is 13.4. The number of carbonyl (C=O) groups is 1. The minimum absolute atomic E-state index is 0.352. The summed E-state index contributed by atoms with van der Waals surface area (Å²) in [6, 6.07) is 7.75. The van der Waals surface area contributed by atoms with Crippen LogP contribution >= 0.6 is 15.9 Å². The van der Waals surface area contributed by atoms with E-state index < -0.39 is 5.97 Å². The van der Waals surface area contributed by atoms with E-state index in [1.165, 1.54) is 0 Å². The molecule has 3 nitrogen and oxygen atoms in total. The Labute approximate surface area is 114 Å². The van der Waals surface area contributed by atoms with Crippen LogP contribution in [-0.2, 0) is 0 Å². The zero-order valence-electron chi connectivity index (χ0n) is 10.5. The smallest absolute Gasteiger partial charge is 0.337 e. The number of aryl methyl sites for hydroxylation is 2. The van der Waals surface area contributed by atoms with Gasteiger partial charge in [0.05, 0.1) is 5.56 Å². The van der Waals surface area contributed by atoms with Crippen molar-refractivity contribution < 1.29 is 9.90 Å². The lowest BCUT2D eigenvalue weighted by atomic mass is 10.2. The number of aromatic carboxylic acids is 1. The summed E-state index contributed by atoms with van der Waals surface area (Å²) in [5.74, 6) is -0.888. The number of halogens is 1. The highest BCUT2D eigenvalue weighted by molar-refractivity contribution is 9.10. The number of carboxylic acid groups (broad SMARTS) is 1. The fourth-order valence-corrected chi connectivity index (χ4v) is 2.82. The minimum atomic E-state index is -0.888. The number of aromatic nitrogens is 1. The standard InChI is InChI=1S/C14H14BrNO2/c1-8-4-11(15)7-12(5-8)16-9(2)6-13(10(16)3)14(17)18/h4-7H,1-3H3,(H,17,18). The first-order valence-electron chi connectivity index (χ1n) is 5.60. The van der Waals surface area contributed by atoms with Crippen molar-refractivity contribution in [1.29, 1.82) is 0 Å². The molecule has 0 unspecified atom stereocenters. The molecule has 4 heteroatoms. The summed E-state index contributed by atoms with van der Waals surface area (Å²) in [6.07, 6.45) is 0. The summed E-state index contributed by atoms with van der Waals surface area (Å²) in [4.78, 5) is 11.1. The van der Waals surface area contributed by atoms with Crippen molar-refractivity contribution in [2.45, 2.75) is 20.8 Å². The lowest BCUT2D eigenvalue weighted by Gasteiger charge is -2.11. The average molecular weight is 308 g/mol. The van der Waals surface area contributed by atoms with E-state index in [-0.39, 0.29) is 0 Å². The number of nitrogens with zero attached hydrogens (tertiary/aromatic N) is 1. The summed E-state index contributed by atoms with van der Waals surface area (Å²) < 4.78 is 2.95. The maximum Gasteiger partial charge on any atom is 0.337 e. The van der Waals surface area contributed by atoms with Gasteiger partial charge in [-0.05, 0) is 50.6 Å². The van der Waals surface area contributed by atoms with Gasteiger partial charge in [-0.25, -0.2) is 4.79 Å². The molecule has 18 heavy (non-hydrogen) atoms. The number of carboxylic acids is 1. The van der Waals surface area contributed by atoms with Crippen LogP contribution in [0.4, 0.5) is 0 Å². The average Bonchev–Trinajstić information content (AvgIpc) is 2.52. The molecule has 0 saturated heterocycles. The first kappa shape index (κ1) is 12.9. The highest BCUT2D eigenvalue weighted by Crippen LogP contribution is 2.24. The SMILES string of the molecule is Cc1cc(Br)cc(-n2c(C)cc(C(=O)O)c2C)c1. The molecule has 0 spiro atoms. The molecule has 2 aromatic rings. The van der Waals surface area contributed by atoms with E-state index in [9.17, 15) is 4.79 Å². The van der Waals surface area contributed by atoms with Crippen LogP contribution in [0.3, 0.4) is 0 Å². The summed E-state index contributed by atoms with van der Waals surface area (Å²) in [5, 5.41) is 9.14. The van der Waals surface area contributed by atoms with Gasteiger partial charge in [0, 0.05) is 21.5 Å². The molecule has 1 N–H and O–H groups in total. The number of hydrogen-bond donors (Lipinski definition) is 1. The van der Waals surface area contributed by atoms with Crippen molar-refractivity contribution in [2.24, 2.45) is 0 Å². The third kappa shape index (κ3) is 2.20. The van der Waals surface area contributed by atoms with Gasteiger partial charge in [-0.1, -0.05) is 15.9 Å². The first-order valence-corrected chi connectivity index (χ1v) is 6.39. The quantitative estimate of drug-likeness (QED) is 0.915. The molecule has 0 bridgehead atoms. The fourth-order valence-electron chi connectivity index (χ4n) is 2.22. The zero-order valence-corrected chi connectivity index (χ0v) is 12.1. The second-order valence-electron chi connectivity index (χ2n) is 4.41. The Morgan fingerprint density at radius 2 is 1.83 bits per heavy atom. The van der Waals surface area contributed by atoms with Crippen LogP contribution in [0, 0.1) is 20.8 Å². The lowest BCUT2D eigenvalue weighted by molar-refractivity contribution is 0.0696. The van der Waals surface area contributed by atoms with E-state index in [1.807, 2.05) is 43.5 Å². The van der Waals surface area contributed by atoms with Crippen LogP contribution in [0.2, 0.25) is 0 Å². The molecule has 94 valence electrons. The second kappa shape index (κ2) is 4.61. The van der Waals surface area contributed by atoms with Gasteiger partial charge < -0.3 is 9.67 Å². The van der Waals surface area contributed by atoms with Crippen molar-refractivity contribution in [3.63, 3.8) is 0 Å². The van der Waals surface area contributed by atoms with Crippen molar-refractivity contribution in [3.8, 4) is 5.69 Å². The molecule has 0 atom stereocenters. The Kier molecular flexibility index (Phi) is 3.30. The van der Waals surface area contributed by atoms with Gasteiger partial charge in [0.25, 0.3) is 0 Å². The molecule has 0 saturated carbocycles. The second-order valence-corrected chi connectivity index (χ2v) is 5.33. The molecule has 0 fully saturated rings. The topological polar surface area (TPSA) is 42.2 Å². The fraction of sp³-hybridized carbons (Fsp3) is 0.214. The van der Waals surface area contributed by atoms with E-state index in [4.69, 9.17) is 5.11 Å². The molecule has 0 aliphatic carbocycles. The lowest BCUT2D eigenvalue weighted by Crippen LogP contribution is -2.02. The largest absolute Gasteiger partial charge is 0.478 e. The Morgan fingerprint density at radius 3 is 2.33 bits per heavy atom. The van der Waals surface area contributed by atoms with Crippen LogP contribution in [-0.4, -0.2) is 15.6 Å². The van der Waals surface area contributed by atoms with Crippen molar-refractivity contribution in [1.82, 2.24) is 4.57 Å². The predicted molar refractivity (Wildman–Crippen MR) is 74.6 cm³/mol. The highest BCUT2D eigenvalue weighted by Gasteiger charge is 2.15. The molecule has 0 radical (unpaired) electrons. The molecular weight excluding hydrogens is 294 g/mol. The summed E-state index contributed by atoms with van der Waals surface area (Å²) in [7, 11) is 0. The first-order chi connectivity index (χ1) is 8.40. The molecule has 1 heterocycles. The van der Waals surface area contributed by atoms with E-state index >= 15 is 0 Å². The molecular formula is C14H14BrNO2. The van der Waals surface area contributed by atoms with E-state index in [0.29, 0.717) is 5.56 Å². The van der Waals surface area contributed by atoms with Gasteiger partial charge in [-0.3, -0.25) is 0 Å². The van der Waals surface area contributed by atoms with Crippen LogP contribution in [0.25, 0.3) is 5.69 Å². The van der Waals surface area contributed by atoms with Gasteiger partial charge >= 0.3 is 5.97 Å². The monoisotopic (exact) mass is 307 g/mol. The van der Waals surface area contributed by atoms with Gasteiger partial charge in [-0.2, -0.15) is 0 Å². The molecule has 2 rings (SSSR count). The van der Waals surface area contributed by atoms with Gasteiger partial charge in [0.15, 0.2) is 0 Å². The number of hydrogen-bond acceptors (Lipinski definition) is 1. The summed E-state index contributed by atoms with van der Waals surface area (Å²) in [6.45, 7) is 5.75. The highest BCUT2D eigenvalue weighted by atomic mass is 79.9. The van der Waals surface area contributed by atoms with Crippen LogP contribution in [0.1, 0.15) is 27.3 Å². The van der Waals surface area contributed by atoms with E-state index in [1.54, 1.807) is 6.07 Å². The third-order valence-corrected chi connectivity index (χ3v) is 3.40. The molecule has 0 aliphatic rings. The Morgan fingerprint density at radius 1 is 1.17 bits per heavy atom. The van der Waals surface area contributed by atoms with Gasteiger partial charge in [0.1, 0.15) is 0 Å². The van der Waals surface area contributed by atoms with Crippen molar-refractivity contribution >= 4 is 21.9 Å². The van der Waals surface area contributed by atoms with Gasteiger partial charge in [-0.15, -0.1) is 0 Å². The molecule has 0 amide bonds. The Bertz CT molecular complexity index is 609. The maximum atomic E-state index is 11.1. The van der Waals surface area contributed by atoms with Crippen LogP contribution in [0.5, 0.6) is 0 Å². The third-order valence-electron chi connectivity index (χ3n) is 2.95. The van der Waals surface area contributed by atoms with Crippen molar-refractivity contribution in [3.05, 3.63) is 51.3 Å². The number of benzene rings is 1. The Balaban J connectivity index is 2.67. The normalized spacial score (nSPS) is 10.7. The summed E-state index contributed by atoms with van der Waals surface area (Å²) >= 11 is 3.47. The molecule has 0 aliphatic heterocycles. The van der Waals surface area contributed by atoms with Crippen LogP contribution in [0.15, 0.2) is 28.7 Å². The molecule has 1 aromatic carbocycles. The van der Waals surface area contributed by atoms with Crippen LogP contribution < -0.4 is 0 Å². The molecule has 1 aromatic heterocycles. The van der Waals surface area contributed by atoms with Gasteiger partial charge in [0.2, 0.25) is 0 Å². The van der Waals surface area contributed by atoms with E-state index in [2.05, 4.69) is 15.9 Å². The minimum Gasteiger partial charge on any atom is -0.478 e. The number of rotatable bonds is 2. The van der Waals surface area contributed by atoms with Crippen molar-refractivity contribution in [2.75, 3.05) is 0 Å².